The number of amides is 3. The van der Waals surface area contributed by atoms with Crippen LogP contribution in [0.15, 0.2) is 54.6 Å². The summed E-state index contributed by atoms with van der Waals surface area (Å²) in [4.78, 5) is 38.1. The molecule has 0 radical (unpaired) electrons. The second-order valence-electron chi connectivity index (χ2n) is 6.48. The van der Waals surface area contributed by atoms with E-state index in [0.717, 1.165) is 5.56 Å². The van der Waals surface area contributed by atoms with Crippen molar-refractivity contribution in [3.05, 3.63) is 60.2 Å². The van der Waals surface area contributed by atoms with Crippen molar-refractivity contribution < 1.29 is 23.9 Å². The quantitative estimate of drug-likeness (QED) is 0.743. The van der Waals surface area contributed by atoms with Gasteiger partial charge < -0.3 is 25.0 Å². The van der Waals surface area contributed by atoms with Gasteiger partial charge in [0.05, 0.1) is 26.8 Å². The van der Waals surface area contributed by atoms with Crippen molar-refractivity contribution in [2.45, 2.75) is 6.10 Å². The van der Waals surface area contributed by atoms with Gasteiger partial charge in [-0.1, -0.05) is 30.3 Å². The minimum absolute atomic E-state index is 0.206. The van der Waals surface area contributed by atoms with Crippen LogP contribution in [0, 0.1) is 0 Å². The summed E-state index contributed by atoms with van der Waals surface area (Å²) in [6.07, 6.45) is -0.206. The van der Waals surface area contributed by atoms with E-state index in [2.05, 4.69) is 10.6 Å². The van der Waals surface area contributed by atoms with E-state index in [-0.39, 0.29) is 18.6 Å². The van der Waals surface area contributed by atoms with Crippen molar-refractivity contribution >= 4 is 23.4 Å². The third-order valence-corrected chi connectivity index (χ3v) is 4.54. The maximum atomic E-state index is 12.4. The summed E-state index contributed by atoms with van der Waals surface area (Å²) in [6, 6.07) is 16.2. The lowest BCUT2D eigenvalue weighted by molar-refractivity contribution is -0.141. The lowest BCUT2D eigenvalue weighted by Gasteiger charge is -2.33. The Labute approximate surface area is 168 Å². The highest BCUT2D eigenvalue weighted by molar-refractivity contribution is 6.39. The molecule has 3 rings (SSSR count). The average molecular weight is 397 g/mol. The summed E-state index contributed by atoms with van der Waals surface area (Å²) in [7, 11) is 1.54. The Morgan fingerprint density at radius 3 is 2.48 bits per heavy atom. The molecule has 8 nitrogen and oxygen atoms in total. The lowest BCUT2D eigenvalue weighted by atomic mass is 10.1. The molecular formula is C21H23N3O5. The van der Waals surface area contributed by atoms with Crippen molar-refractivity contribution in [3.8, 4) is 5.75 Å². The monoisotopic (exact) mass is 397 g/mol. The topological polar surface area (TPSA) is 97.0 Å². The van der Waals surface area contributed by atoms with Crippen molar-refractivity contribution in [1.29, 1.82) is 0 Å². The summed E-state index contributed by atoms with van der Waals surface area (Å²) in [5, 5.41) is 4.84. The Balaban J connectivity index is 1.47. The van der Waals surface area contributed by atoms with Crippen molar-refractivity contribution in [3.63, 3.8) is 0 Å². The number of nitrogens with one attached hydrogen (secondary N) is 2. The van der Waals surface area contributed by atoms with Gasteiger partial charge in [0.25, 0.3) is 0 Å². The third-order valence-electron chi connectivity index (χ3n) is 4.54. The van der Waals surface area contributed by atoms with E-state index >= 15 is 0 Å². The van der Waals surface area contributed by atoms with Crippen LogP contribution in [-0.4, -0.2) is 56.0 Å². The number of benzene rings is 2. The fourth-order valence-corrected chi connectivity index (χ4v) is 2.96. The van der Waals surface area contributed by atoms with E-state index in [0.29, 0.717) is 31.1 Å². The molecule has 0 unspecified atom stereocenters. The molecule has 3 amide bonds. The highest BCUT2D eigenvalue weighted by Crippen LogP contribution is 2.21. The largest absolute Gasteiger partial charge is 0.497 e. The minimum atomic E-state index is -0.873. The predicted molar refractivity (Wildman–Crippen MR) is 106 cm³/mol. The lowest BCUT2D eigenvalue weighted by Crippen LogP contribution is -2.48. The SMILES string of the molecule is COc1ccc(NC(=O)C(=O)NCC(=O)N2CCO[C@@H](c3ccccc3)C2)cc1. The van der Waals surface area contributed by atoms with Gasteiger partial charge in [0.2, 0.25) is 5.91 Å². The molecule has 2 aromatic carbocycles. The van der Waals surface area contributed by atoms with E-state index in [9.17, 15) is 14.4 Å². The first-order valence-electron chi connectivity index (χ1n) is 9.24. The average Bonchev–Trinajstić information content (AvgIpc) is 2.78. The Hall–Kier alpha value is -3.39. The molecule has 8 heteroatoms. The summed E-state index contributed by atoms with van der Waals surface area (Å²) in [6.45, 7) is 1.00. The number of methoxy groups -OCH3 is 1. The molecule has 0 bridgehead atoms. The number of rotatable bonds is 5. The summed E-state index contributed by atoms with van der Waals surface area (Å²) < 4.78 is 10.8. The number of morpholine rings is 1. The van der Waals surface area contributed by atoms with Gasteiger partial charge in [0, 0.05) is 12.2 Å². The molecule has 1 fully saturated rings. The Morgan fingerprint density at radius 1 is 1.07 bits per heavy atom. The van der Waals surface area contributed by atoms with Crippen LogP contribution >= 0.6 is 0 Å². The zero-order chi connectivity index (χ0) is 20.6. The molecule has 1 saturated heterocycles. The Bertz CT molecular complexity index is 854. The molecule has 1 atom stereocenters. The van der Waals surface area contributed by atoms with Crippen LogP contribution in [-0.2, 0) is 19.1 Å². The second-order valence-corrected chi connectivity index (χ2v) is 6.48. The van der Waals surface area contributed by atoms with Crippen molar-refractivity contribution in [2.75, 3.05) is 38.7 Å². The molecule has 1 heterocycles. The fraction of sp³-hybridized carbons (Fsp3) is 0.286. The third kappa shape index (κ3) is 5.55. The highest BCUT2D eigenvalue weighted by Gasteiger charge is 2.26. The van der Waals surface area contributed by atoms with E-state index in [4.69, 9.17) is 9.47 Å². The number of carbonyl (C=O) groups is 3. The molecule has 0 saturated carbocycles. The van der Waals surface area contributed by atoms with Crippen LogP contribution in [0.5, 0.6) is 5.75 Å². The summed E-state index contributed by atoms with van der Waals surface area (Å²) in [5.74, 6) is -1.34. The van der Waals surface area contributed by atoms with Crippen LogP contribution in [0.2, 0.25) is 0 Å². The standard InChI is InChI=1S/C21H23N3O5/c1-28-17-9-7-16(8-10-17)23-21(27)20(26)22-13-19(25)24-11-12-29-18(14-24)15-5-3-2-4-6-15/h2-10,18H,11-14H2,1H3,(H,22,26)(H,23,27)/t18-/m1/s1. The van der Waals surface area contributed by atoms with Gasteiger partial charge >= 0.3 is 11.8 Å². The van der Waals surface area contributed by atoms with Crippen LogP contribution in [0.4, 0.5) is 5.69 Å². The van der Waals surface area contributed by atoms with Crippen LogP contribution < -0.4 is 15.4 Å². The number of anilines is 1. The number of hydrogen-bond acceptors (Lipinski definition) is 5. The summed E-state index contributed by atoms with van der Waals surface area (Å²) >= 11 is 0. The van der Waals surface area contributed by atoms with Gasteiger partial charge in [-0.05, 0) is 29.8 Å². The Kier molecular flexibility index (Phi) is 6.80. The summed E-state index contributed by atoms with van der Waals surface area (Å²) in [5.41, 5.74) is 1.45. The molecule has 2 N–H and O–H groups in total. The first-order chi connectivity index (χ1) is 14.1. The first-order valence-corrected chi connectivity index (χ1v) is 9.24. The molecule has 0 spiro atoms. The normalized spacial score (nSPS) is 16.0. The van der Waals surface area contributed by atoms with Gasteiger partial charge in [-0.2, -0.15) is 0 Å². The predicted octanol–water partition coefficient (Wildman–Crippen LogP) is 1.35. The number of nitrogens with zero attached hydrogens (tertiary/aromatic N) is 1. The first kappa shape index (κ1) is 20.3. The highest BCUT2D eigenvalue weighted by atomic mass is 16.5. The molecule has 1 aliphatic heterocycles. The molecule has 0 aromatic heterocycles. The zero-order valence-electron chi connectivity index (χ0n) is 16.1. The van der Waals surface area contributed by atoms with Crippen molar-refractivity contribution in [1.82, 2.24) is 10.2 Å². The van der Waals surface area contributed by atoms with E-state index in [1.54, 1.807) is 29.2 Å². The van der Waals surface area contributed by atoms with Crippen LogP contribution in [0.3, 0.4) is 0 Å². The van der Waals surface area contributed by atoms with Gasteiger partial charge in [0.15, 0.2) is 0 Å². The second kappa shape index (κ2) is 9.70. The van der Waals surface area contributed by atoms with Gasteiger partial charge in [0.1, 0.15) is 11.9 Å². The maximum absolute atomic E-state index is 12.4. The van der Waals surface area contributed by atoms with E-state index < -0.39 is 11.8 Å². The van der Waals surface area contributed by atoms with Crippen LogP contribution in [0.1, 0.15) is 11.7 Å². The Morgan fingerprint density at radius 2 is 1.79 bits per heavy atom. The fourth-order valence-electron chi connectivity index (χ4n) is 2.96. The molecule has 152 valence electrons. The number of hydrogen-bond donors (Lipinski definition) is 2. The minimum Gasteiger partial charge on any atom is -0.497 e. The number of carbonyl (C=O) groups excluding carboxylic acids is 3. The van der Waals surface area contributed by atoms with Gasteiger partial charge in [-0.3, -0.25) is 14.4 Å². The van der Waals surface area contributed by atoms with Crippen LogP contribution in [0.25, 0.3) is 0 Å². The molecule has 2 aromatic rings. The van der Waals surface area contributed by atoms with E-state index in [1.165, 1.54) is 7.11 Å². The maximum Gasteiger partial charge on any atom is 0.313 e. The van der Waals surface area contributed by atoms with Gasteiger partial charge in [-0.25, -0.2) is 0 Å². The smallest absolute Gasteiger partial charge is 0.313 e. The molecule has 1 aliphatic rings. The molecular weight excluding hydrogens is 374 g/mol. The molecule has 29 heavy (non-hydrogen) atoms. The number of ether oxygens (including phenoxy) is 2. The molecule has 0 aliphatic carbocycles. The van der Waals surface area contributed by atoms with E-state index in [1.807, 2.05) is 30.3 Å². The van der Waals surface area contributed by atoms with Gasteiger partial charge in [-0.15, -0.1) is 0 Å². The zero-order valence-corrected chi connectivity index (χ0v) is 16.1. The van der Waals surface area contributed by atoms with Crippen molar-refractivity contribution in [2.24, 2.45) is 0 Å².